The molecule has 0 saturated carbocycles. The maximum Gasteiger partial charge on any atom is 0.490 e. The number of carbonyl (C=O) groups is 2. The number of nitrogens with two attached hydrogens (primary N) is 1. The minimum Gasteiger partial charge on any atom is -0.488 e. The van der Waals surface area contributed by atoms with Crippen LogP contribution in [0, 0.1) is 11.8 Å². The number of rotatable bonds is 32. The van der Waals surface area contributed by atoms with Crippen LogP contribution in [-0.4, -0.2) is 143 Å². The fraction of sp³-hybridized carbons (Fsp3) is 0.688. The van der Waals surface area contributed by atoms with Crippen LogP contribution in [0.4, 0.5) is 9.59 Å². The number of hydrogen-bond acceptors (Lipinski definition) is 21. The van der Waals surface area contributed by atoms with Gasteiger partial charge in [-0.15, -0.1) is 0 Å². The van der Waals surface area contributed by atoms with Crippen LogP contribution in [-0.2, 0) is 60.0 Å². The van der Waals surface area contributed by atoms with Crippen molar-refractivity contribution in [3.05, 3.63) is 48.8 Å². The molecule has 0 radical (unpaired) electrons. The number of phosphoric ester groups is 1. The van der Waals surface area contributed by atoms with E-state index in [0.29, 0.717) is 71.3 Å². The van der Waals surface area contributed by atoms with Gasteiger partial charge in [0.25, 0.3) is 5.56 Å². The Morgan fingerprint density at radius 2 is 1.71 bits per heavy atom. The summed E-state index contributed by atoms with van der Waals surface area (Å²) in [7, 11) is -13.9. The van der Waals surface area contributed by atoms with Crippen LogP contribution >= 0.6 is 45.1 Å². The number of ether oxygens (including phenoxy) is 7. The molecule has 29 nitrogen and oxygen atoms in total. The number of azide groups is 1. The lowest BCUT2D eigenvalue weighted by Gasteiger charge is -2.22. The van der Waals surface area contributed by atoms with Crippen molar-refractivity contribution >= 4 is 63.4 Å². The molecule has 66 heavy (non-hydrogen) atoms. The first-order valence-corrected chi connectivity index (χ1v) is 26.2. The number of aromatic amines is 1. The van der Waals surface area contributed by atoms with Crippen molar-refractivity contribution in [2.45, 2.75) is 56.5 Å². The number of phosphoric acid groups is 3. The number of nitrogens with zero attached hydrogens (tertiary/aromatic N) is 4. The number of hydrogen-bond donors (Lipinski definition) is 8. The lowest BCUT2D eigenvalue weighted by atomic mass is 10.1. The molecule has 1 aromatic rings. The van der Waals surface area contributed by atoms with Gasteiger partial charge in [-0.3, -0.25) is 18.9 Å². The van der Waals surface area contributed by atoms with E-state index in [-0.39, 0.29) is 42.2 Å². The molecule has 1 aliphatic heterocycles. The Kier molecular flexibility index (Phi) is 27.4. The normalized spacial score (nSPS) is 17.3. The smallest absolute Gasteiger partial charge is 0.488 e. The van der Waals surface area contributed by atoms with E-state index in [1.165, 1.54) is 10.8 Å². The predicted molar refractivity (Wildman–Crippen MR) is 234 cm³/mol. The lowest BCUT2D eigenvalue weighted by Crippen LogP contribution is -2.29. The number of nitrogens with one attached hydrogen (secondary N) is 3. The van der Waals surface area contributed by atoms with E-state index in [0.717, 1.165) is 17.0 Å². The summed E-state index contributed by atoms with van der Waals surface area (Å²) >= 11 is 0. The SMILES string of the molecule is CC(C)(CCOC(=O)NCCOCCOCCN)SSCOCCCCOC(=O)NCC#Cc1cn(/C=C2/C[C@H](OCN=[N+]=[N-])[C@@H](COP(=O)(O)OP(=O)(O)OP(=O)(O)O)O2)c(=O)[nH]c1=O. The van der Waals surface area contributed by atoms with Crippen molar-refractivity contribution in [2.75, 3.05) is 85.2 Å². The molecule has 2 unspecified atom stereocenters. The van der Waals surface area contributed by atoms with Crippen molar-refractivity contribution < 1.29 is 89.2 Å². The number of carbonyl (C=O) groups excluding carboxylic acids is 2. The first-order chi connectivity index (χ1) is 31.1. The fourth-order valence-corrected chi connectivity index (χ4v) is 9.96. The van der Waals surface area contributed by atoms with Gasteiger partial charge in [0.2, 0.25) is 0 Å². The molecule has 9 N–H and O–H groups in total. The molecule has 0 bridgehead atoms. The van der Waals surface area contributed by atoms with Crippen molar-refractivity contribution in [3.63, 3.8) is 0 Å². The molecule has 374 valence electrons. The van der Waals surface area contributed by atoms with Crippen LogP contribution in [0.5, 0.6) is 0 Å². The second-order valence-electron chi connectivity index (χ2n) is 13.4. The third-order valence-electron chi connectivity index (χ3n) is 7.56. The summed E-state index contributed by atoms with van der Waals surface area (Å²) in [5.74, 6) is 5.43. The first kappa shape index (κ1) is 58.7. The number of amides is 2. The Labute approximate surface area is 384 Å². The summed E-state index contributed by atoms with van der Waals surface area (Å²) in [6.45, 7) is 5.51. The van der Waals surface area contributed by atoms with Gasteiger partial charge >= 0.3 is 41.3 Å². The average Bonchev–Trinajstić information content (AvgIpc) is 3.60. The third-order valence-corrected chi connectivity index (χ3v) is 14.4. The Bertz CT molecular complexity index is 2110. The zero-order valence-electron chi connectivity index (χ0n) is 35.6. The maximum absolute atomic E-state index is 12.6. The highest BCUT2D eigenvalue weighted by Crippen LogP contribution is 2.66. The zero-order chi connectivity index (χ0) is 49.1. The van der Waals surface area contributed by atoms with E-state index in [1.807, 2.05) is 18.8 Å². The zero-order valence-corrected chi connectivity index (χ0v) is 39.9. The van der Waals surface area contributed by atoms with Crippen LogP contribution in [0.3, 0.4) is 0 Å². The summed E-state index contributed by atoms with van der Waals surface area (Å²) in [5, 5.41) is 8.23. The first-order valence-electron chi connectivity index (χ1n) is 19.3. The molecular formula is C32H53N8O21P3S2. The lowest BCUT2D eigenvalue weighted by molar-refractivity contribution is -0.0229. The Balaban J connectivity index is 1.72. The molecule has 2 amide bonds. The van der Waals surface area contributed by atoms with Gasteiger partial charge in [-0.2, -0.15) is 8.62 Å². The van der Waals surface area contributed by atoms with Crippen LogP contribution in [0.2, 0.25) is 0 Å². The van der Waals surface area contributed by atoms with Gasteiger partial charge in [0.05, 0.1) is 59.0 Å². The molecule has 4 atom stereocenters. The van der Waals surface area contributed by atoms with E-state index in [1.54, 1.807) is 10.8 Å². The quantitative estimate of drug-likeness (QED) is 0.00749. The highest BCUT2D eigenvalue weighted by molar-refractivity contribution is 8.77. The molecule has 1 fully saturated rings. The minimum atomic E-state index is -5.81. The van der Waals surface area contributed by atoms with Crippen molar-refractivity contribution in [3.8, 4) is 11.8 Å². The van der Waals surface area contributed by atoms with Crippen molar-refractivity contribution in [1.82, 2.24) is 20.2 Å². The van der Waals surface area contributed by atoms with Crippen LogP contribution in [0.25, 0.3) is 16.6 Å². The van der Waals surface area contributed by atoms with Gasteiger partial charge in [-0.25, -0.2) is 28.1 Å². The third kappa shape index (κ3) is 27.4. The van der Waals surface area contributed by atoms with Crippen LogP contribution in [0.1, 0.15) is 45.1 Å². The molecule has 1 aromatic heterocycles. The Morgan fingerprint density at radius 3 is 2.42 bits per heavy atom. The van der Waals surface area contributed by atoms with E-state index < -0.39 is 72.4 Å². The van der Waals surface area contributed by atoms with E-state index in [4.69, 9.17) is 54.2 Å². The molecule has 0 spiro atoms. The summed E-state index contributed by atoms with van der Waals surface area (Å²) < 4.78 is 84.8. The van der Waals surface area contributed by atoms with Crippen LogP contribution in [0.15, 0.2) is 26.7 Å². The van der Waals surface area contributed by atoms with Gasteiger partial charge in [-0.05, 0) is 38.6 Å². The molecule has 34 heteroatoms. The summed E-state index contributed by atoms with van der Waals surface area (Å²) in [5.41, 5.74) is 11.9. The van der Waals surface area contributed by atoms with Gasteiger partial charge in [0, 0.05) is 42.0 Å². The molecule has 1 aliphatic rings. The highest BCUT2D eigenvalue weighted by Gasteiger charge is 2.42. The fourth-order valence-electron chi connectivity index (χ4n) is 4.66. The number of H-pyrrole nitrogens is 1. The van der Waals surface area contributed by atoms with E-state index in [2.05, 4.69) is 45.6 Å². The second-order valence-corrected chi connectivity index (χ2v) is 20.8. The Morgan fingerprint density at radius 1 is 1.02 bits per heavy atom. The van der Waals surface area contributed by atoms with E-state index >= 15 is 0 Å². The monoisotopic (exact) mass is 1040 g/mol. The number of alkyl carbamates (subject to hydrolysis) is 2. The Hall–Kier alpha value is -3.46. The molecule has 0 aliphatic carbocycles. The largest absolute Gasteiger partial charge is 0.490 e. The van der Waals surface area contributed by atoms with Gasteiger partial charge in [-0.1, -0.05) is 38.5 Å². The molecule has 0 aromatic carbocycles. The second kappa shape index (κ2) is 30.8. The van der Waals surface area contributed by atoms with Crippen LogP contribution < -0.4 is 27.6 Å². The topological polar surface area (TPSA) is 412 Å². The molecule has 1 saturated heterocycles. The molecular weight excluding hydrogens is 989 g/mol. The standard InChI is InChI=1S/C32H53N8O21P3S2/c1-32(2,7-13-56-31(44)36-10-15-53-17-16-52-14-8-33)66-65-23-54-11-3-4-12-55-30(43)35-9-5-6-24-19-40(29(42)38-28(24)41)20-25-18-26(57-22-37-39-34)27(59-25)21-58-63(48,49)61-64(50,51)60-62(45,46)47/h19-20,26-27H,3-4,7-18,21-23,33H2,1-2H3,(H,35,43)(H,36,44)(H,48,49)(H,50,51)(H,38,41,42)(H2,45,46,47)/b25-20-/t26-,27+/m0/s1. The molecule has 2 rings (SSSR count). The van der Waals surface area contributed by atoms with Crippen molar-refractivity contribution in [1.29, 1.82) is 0 Å². The number of aromatic nitrogens is 2. The van der Waals surface area contributed by atoms with Gasteiger partial charge in [0.15, 0.2) is 0 Å². The van der Waals surface area contributed by atoms with E-state index in [9.17, 15) is 42.7 Å². The predicted octanol–water partition coefficient (Wildman–Crippen LogP) is 2.22. The minimum absolute atomic E-state index is 0.0509. The van der Waals surface area contributed by atoms with Crippen molar-refractivity contribution in [2.24, 2.45) is 10.8 Å². The summed E-state index contributed by atoms with van der Waals surface area (Å²) in [6, 6.07) is 0. The summed E-state index contributed by atoms with van der Waals surface area (Å²) in [6.07, 6.45) is -0.0330. The number of unbranched alkanes of at least 4 members (excludes halogenated alkanes) is 1. The average molecular weight is 1040 g/mol. The maximum atomic E-state index is 12.6. The van der Waals surface area contributed by atoms with Gasteiger partial charge in [0.1, 0.15) is 36.2 Å². The van der Waals surface area contributed by atoms with Gasteiger partial charge < -0.3 is 69.1 Å². The highest BCUT2D eigenvalue weighted by atomic mass is 33.1. The summed E-state index contributed by atoms with van der Waals surface area (Å²) in [4.78, 5) is 90.1. The molecule has 2 heterocycles.